The Labute approximate surface area is 126 Å². The molecule has 6 heteroatoms. The number of carbonyl (C=O) groups is 1. The molecule has 0 spiro atoms. The third-order valence-electron chi connectivity index (χ3n) is 3.64. The number of aliphatic hydroxyl groups excluding tert-OH is 1. The molecule has 0 radical (unpaired) electrons. The molecular weight excluding hydrogens is 270 g/mol. The first-order chi connectivity index (χ1) is 9.66. The largest absolute Gasteiger partial charge is 0.396 e. The number of aryl methyl sites for hydroxylation is 2. The van der Waals surface area contributed by atoms with E-state index in [1.165, 1.54) is 0 Å². The summed E-state index contributed by atoms with van der Waals surface area (Å²) in [5, 5.41) is 18.8. The van der Waals surface area contributed by atoms with Crippen LogP contribution in [0.3, 0.4) is 0 Å². The van der Waals surface area contributed by atoms with Crippen molar-refractivity contribution in [3.8, 4) is 0 Å². The van der Waals surface area contributed by atoms with E-state index in [2.05, 4.69) is 15.8 Å². The van der Waals surface area contributed by atoms with Gasteiger partial charge in [-0.05, 0) is 32.6 Å². The second kappa shape index (κ2) is 6.93. The van der Waals surface area contributed by atoms with Crippen molar-refractivity contribution in [3.05, 3.63) is 17.0 Å². The van der Waals surface area contributed by atoms with Crippen LogP contribution in [0.5, 0.6) is 0 Å². The van der Waals surface area contributed by atoms with Crippen LogP contribution in [0.25, 0.3) is 0 Å². The fraction of sp³-hybridized carbons (Fsp3) is 0.733. The zero-order chi connectivity index (χ0) is 16.2. The van der Waals surface area contributed by atoms with E-state index in [0.717, 1.165) is 11.3 Å². The van der Waals surface area contributed by atoms with Gasteiger partial charge >= 0.3 is 6.03 Å². The molecule has 0 aliphatic heterocycles. The van der Waals surface area contributed by atoms with Gasteiger partial charge in [0.05, 0.1) is 11.7 Å². The highest BCUT2D eigenvalue weighted by molar-refractivity contribution is 5.74. The van der Waals surface area contributed by atoms with Gasteiger partial charge in [0, 0.05) is 18.2 Å². The van der Waals surface area contributed by atoms with Crippen LogP contribution in [0.15, 0.2) is 4.52 Å². The first kappa shape index (κ1) is 17.5. The number of aliphatic hydroxyl groups is 1. The molecule has 3 N–H and O–H groups in total. The highest BCUT2D eigenvalue weighted by atomic mass is 16.5. The van der Waals surface area contributed by atoms with Crippen LogP contribution in [0.1, 0.15) is 57.2 Å². The van der Waals surface area contributed by atoms with Gasteiger partial charge in [-0.25, -0.2) is 4.79 Å². The highest BCUT2D eigenvalue weighted by Gasteiger charge is 2.26. The maximum absolute atomic E-state index is 12.1. The molecule has 1 aromatic rings. The third kappa shape index (κ3) is 4.74. The van der Waals surface area contributed by atoms with E-state index >= 15 is 0 Å². The van der Waals surface area contributed by atoms with Gasteiger partial charge in [0.1, 0.15) is 5.76 Å². The number of urea groups is 1. The molecule has 6 nitrogen and oxygen atoms in total. The van der Waals surface area contributed by atoms with Crippen LogP contribution in [-0.4, -0.2) is 28.9 Å². The number of carbonyl (C=O) groups excluding carboxylic acids is 1. The lowest BCUT2D eigenvalue weighted by Crippen LogP contribution is -2.49. The Balaban J connectivity index is 2.68. The normalized spacial score (nSPS) is 14.6. The van der Waals surface area contributed by atoms with E-state index in [-0.39, 0.29) is 30.1 Å². The number of amides is 2. The summed E-state index contributed by atoms with van der Waals surface area (Å²) in [4.78, 5) is 12.1. The van der Waals surface area contributed by atoms with Crippen molar-refractivity contribution in [2.45, 2.75) is 60.0 Å². The summed E-state index contributed by atoms with van der Waals surface area (Å²) < 4.78 is 5.12. The fourth-order valence-electron chi connectivity index (χ4n) is 2.43. The van der Waals surface area contributed by atoms with E-state index in [4.69, 9.17) is 9.63 Å². The molecule has 2 atom stereocenters. The van der Waals surface area contributed by atoms with E-state index in [9.17, 15) is 4.79 Å². The van der Waals surface area contributed by atoms with Gasteiger partial charge in [-0.15, -0.1) is 0 Å². The number of rotatable bonds is 5. The summed E-state index contributed by atoms with van der Waals surface area (Å²) in [5.74, 6) is 0.711. The smallest absolute Gasteiger partial charge is 0.315 e. The molecule has 0 unspecified atom stereocenters. The molecule has 0 saturated heterocycles. The van der Waals surface area contributed by atoms with E-state index in [0.29, 0.717) is 12.2 Å². The molecule has 0 saturated carbocycles. The second-order valence-electron chi connectivity index (χ2n) is 6.51. The predicted molar refractivity (Wildman–Crippen MR) is 81.0 cm³/mol. The quantitative estimate of drug-likeness (QED) is 0.779. The Morgan fingerprint density at radius 2 is 1.95 bits per heavy atom. The molecule has 2 amide bonds. The van der Waals surface area contributed by atoms with E-state index in [1.807, 2.05) is 41.5 Å². The number of hydrogen-bond acceptors (Lipinski definition) is 4. The standard InChI is InChI=1S/C15H27N3O3/c1-9(13-10(2)18-21-11(13)3)16-14(20)17-12(7-8-19)15(4,5)6/h9,12,19H,7-8H2,1-6H3,(H2,16,17,20)/t9-,12+/m1/s1. The van der Waals surface area contributed by atoms with Crippen molar-refractivity contribution in [1.82, 2.24) is 15.8 Å². The minimum Gasteiger partial charge on any atom is -0.396 e. The van der Waals surface area contributed by atoms with E-state index in [1.54, 1.807) is 0 Å². The number of aromatic nitrogens is 1. The lowest BCUT2D eigenvalue weighted by atomic mass is 9.85. The van der Waals surface area contributed by atoms with Crippen molar-refractivity contribution in [1.29, 1.82) is 0 Å². The summed E-state index contributed by atoms with van der Waals surface area (Å²) in [6, 6.07) is -0.541. The maximum Gasteiger partial charge on any atom is 0.315 e. The van der Waals surface area contributed by atoms with Crippen LogP contribution in [0, 0.1) is 19.3 Å². The van der Waals surface area contributed by atoms with Crippen molar-refractivity contribution in [3.63, 3.8) is 0 Å². The summed E-state index contributed by atoms with van der Waals surface area (Å²) >= 11 is 0. The average molecular weight is 297 g/mol. The SMILES string of the molecule is Cc1noc(C)c1[C@@H](C)NC(=O)N[C@@H](CCO)C(C)(C)C. The zero-order valence-electron chi connectivity index (χ0n) is 13.8. The molecule has 120 valence electrons. The number of nitrogens with zero attached hydrogens (tertiary/aromatic N) is 1. The van der Waals surface area contributed by atoms with Gasteiger partial charge in [-0.2, -0.15) is 0 Å². The Bertz CT molecular complexity index is 457. The minimum absolute atomic E-state index is 0.0433. The van der Waals surface area contributed by atoms with Crippen LogP contribution in [-0.2, 0) is 0 Å². The molecule has 0 aliphatic carbocycles. The molecule has 21 heavy (non-hydrogen) atoms. The number of hydrogen-bond donors (Lipinski definition) is 3. The molecule has 1 rings (SSSR count). The average Bonchev–Trinajstić information content (AvgIpc) is 2.67. The van der Waals surface area contributed by atoms with Crippen molar-refractivity contribution < 1.29 is 14.4 Å². The second-order valence-corrected chi connectivity index (χ2v) is 6.51. The molecular formula is C15H27N3O3. The van der Waals surface area contributed by atoms with Crippen LogP contribution >= 0.6 is 0 Å². The fourth-order valence-corrected chi connectivity index (χ4v) is 2.43. The maximum atomic E-state index is 12.1. The topological polar surface area (TPSA) is 87.4 Å². The molecule has 1 heterocycles. The molecule has 0 fully saturated rings. The zero-order valence-corrected chi connectivity index (χ0v) is 13.8. The Morgan fingerprint density at radius 3 is 2.38 bits per heavy atom. The highest BCUT2D eigenvalue weighted by Crippen LogP contribution is 2.23. The molecule has 0 bridgehead atoms. The van der Waals surface area contributed by atoms with Crippen molar-refractivity contribution in [2.75, 3.05) is 6.61 Å². The molecule has 1 aromatic heterocycles. The van der Waals surface area contributed by atoms with Gasteiger partial charge in [-0.1, -0.05) is 25.9 Å². The lowest BCUT2D eigenvalue weighted by Gasteiger charge is -2.31. The first-order valence-corrected chi connectivity index (χ1v) is 7.27. The van der Waals surface area contributed by atoms with Crippen LogP contribution in [0.4, 0.5) is 4.79 Å². The Kier molecular flexibility index (Phi) is 5.78. The van der Waals surface area contributed by atoms with Gasteiger partial charge < -0.3 is 20.3 Å². The van der Waals surface area contributed by atoms with E-state index < -0.39 is 0 Å². The van der Waals surface area contributed by atoms with Crippen molar-refractivity contribution in [2.24, 2.45) is 5.41 Å². The molecule has 0 aliphatic rings. The van der Waals surface area contributed by atoms with Gasteiger partial charge in [0.25, 0.3) is 0 Å². The van der Waals surface area contributed by atoms with Crippen LogP contribution < -0.4 is 10.6 Å². The summed E-state index contributed by atoms with van der Waals surface area (Å²) in [5.41, 5.74) is 1.56. The van der Waals surface area contributed by atoms with Gasteiger partial charge in [0.2, 0.25) is 0 Å². The predicted octanol–water partition coefficient (Wildman–Crippen LogP) is 2.45. The number of nitrogens with one attached hydrogen (secondary N) is 2. The first-order valence-electron chi connectivity index (χ1n) is 7.27. The monoisotopic (exact) mass is 297 g/mol. The Hall–Kier alpha value is -1.56. The van der Waals surface area contributed by atoms with Crippen molar-refractivity contribution >= 4 is 6.03 Å². The third-order valence-corrected chi connectivity index (χ3v) is 3.64. The molecule has 0 aromatic carbocycles. The van der Waals surface area contributed by atoms with Gasteiger partial charge in [0.15, 0.2) is 0 Å². The van der Waals surface area contributed by atoms with Crippen LogP contribution in [0.2, 0.25) is 0 Å². The lowest BCUT2D eigenvalue weighted by molar-refractivity contribution is 0.188. The summed E-state index contributed by atoms with van der Waals surface area (Å²) in [6.45, 7) is 11.7. The van der Waals surface area contributed by atoms with Gasteiger partial charge in [-0.3, -0.25) is 0 Å². The minimum atomic E-state index is -0.254. The summed E-state index contributed by atoms with van der Waals surface area (Å²) in [7, 11) is 0. The summed E-state index contributed by atoms with van der Waals surface area (Å²) in [6.07, 6.45) is 0.524. The Morgan fingerprint density at radius 1 is 1.33 bits per heavy atom.